The van der Waals surface area contributed by atoms with Crippen LogP contribution in [-0.2, 0) is 0 Å². The predicted molar refractivity (Wildman–Crippen MR) is 208 cm³/mol. The first kappa shape index (κ1) is 28.7. The zero-order valence-electron chi connectivity index (χ0n) is 27.6. The van der Waals surface area contributed by atoms with Crippen molar-refractivity contribution in [3.8, 4) is 5.69 Å². The first-order valence-corrected chi connectivity index (χ1v) is 17.4. The molecule has 2 aromatic heterocycles. The van der Waals surface area contributed by atoms with E-state index in [-0.39, 0.29) is 12.0 Å². The van der Waals surface area contributed by atoms with E-state index < -0.39 is 0 Å². The number of hydrogen-bond acceptors (Lipinski definition) is 3. The van der Waals surface area contributed by atoms with Crippen LogP contribution in [-0.4, -0.2) is 16.1 Å². The number of aliphatic imine (C=N–C) groups is 2. The Labute approximate surface area is 289 Å². The van der Waals surface area contributed by atoms with Crippen molar-refractivity contribution in [1.29, 1.82) is 0 Å². The van der Waals surface area contributed by atoms with Gasteiger partial charge in [-0.25, -0.2) is 4.99 Å². The number of rotatable bonds is 5. The molecule has 50 heavy (non-hydrogen) atoms. The maximum Gasteiger partial charge on any atom is 0.160 e. The Morgan fingerprint density at radius 1 is 0.580 bits per heavy atom. The second kappa shape index (κ2) is 11.4. The van der Waals surface area contributed by atoms with Crippen molar-refractivity contribution < 1.29 is 4.42 Å². The molecule has 3 heterocycles. The smallest absolute Gasteiger partial charge is 0.160 e. The van der Waals surface area contributed by atoms with E-state index in [1.54, 1.807) is 0 Å². The van der Waals surface area contributed by atoms with Gasteiger partial charge in [0.15, 0.2) is 11.4 Å². The quantitative estimate of drug-likeness (QED) is 0.184. The van der Waals surface area contributed by atoms with Crippen LogP contribution < -0.4 is 0 Å². The van der Waals surface area contributed by atoms with Gasteiger partial charge in [0.05, 0.1) is 22.8 Å². The largest absolute Gasteiger partial charge is 0.454 e. The molecule has 0 radical (unpaired) electrons. The number of hydrogen-bond donors (Lipinski definition) is 0. The predicted octanol–water partition coefficient (Wildman–Crippen LogP) is 11.9. The zero-order valence-corrected chi connectivity index (χ0v) is 27.6. The Hall–Kier alpha value is -6.26. The van der Waals surface area contributed by atoms with Crippen LogP contribution in [0.3, 0.4) is 0 Å². The van der Waals surface area contributed by atoms with Crippen molar-refractivity contribution >= 4 is 66.1 Å². The molecule has 0 saturated heterocycles. The van der Waals surface area contributed by atoms with Crippen LogP contribution in [0.1, 0.15) is 36.1 Å². The summed E-state index contributed by atoms with van der Waals surface area (Å²) in [6.07, 6.45) is 0.926. The van der Waals surface area contributed by atoms with Crippen molar-refractivity contribution in [3.63, 3.8) is 0 Å². The molecule has 2 unspecified atom stereocenters. The summed E-state index contributed by atoms with van der Waals surface area (Å²) in [5, 5.41) is 7.16. The minimum Gasteiger partial charge on any atom is -0.454 e. The van der Waals surface area contributed by atoms with Gasteiger partial charge in [0.1, 0.15) is 5.58 Å². The van der Waals surface area contributed by atoms with Crippen molar-refractivity contribution in [2.75, 3.05) is 0 Å². The summed E-state index contributed by atoms with van der Waals surface area (Å²) >= 11 is 0. The summed E-state index contributed by atoms with van der Waals surface area (Å²) in [5.74, 6) is 0.926. The van der Waals surface area contributed by atoms with E-state index in [1.165, 1.54) is 27.1 Å². The number of aromatic nitrogens is 1. The van der Waals surface area contributed by atoms with Gasteiger partial charge in [0, 0.05) is 38.7 Å². The van der Waals surface area contributed by atoms with Crippen LogP contribution in [0.15, 0.2) is 172 Å². The van der Waals surface area contributed by atoms with Crippen LogP contribution in [0.25, 0.3) is 60.2 Å². The van der Waals surface area contributed by atoms with Crippen LogP contribution >= 0.6 is 0 Å². The minimum atomic E-state index is -0.0180. The molecule has 0 aliphatic carbocycles. The molecular weight excluding hydrogens is 611 g/mol. The van der Waals surface area contributed by atoms with Gasteiger partial charge in [-0.1, -0.05) is 140 Å². The second-order valence-electron chi connectivity index (χ2n) is 13.2. The van der Waals surface area contributed by atoms with Gasteiger partial charge in [-0.3, -0.25) is 4.99 Å². The second-order valence-corrected chi connectivity index (χ2v) is 13.2. The topological polar surface area (TPSA) is 42.8 Å². The van der Waals surface area contributed by atoms with E-state index >= 15 is 0 Å². The molecule has 4 nitrogen and oxygen atoms in total. The number of amidine groups is 1. The van der Waals surface area contributed by atoms with Gasteiger partial charge in [-0.2, -0.15) is 0 Å². The number of benzene rings is 7. The first-order chi connectivity index (χ1) is 24.8. The first-order valence-electron chi connectivity index (χ1n) is 17.4. The fraction of sp³-hybridized carbons (Fsp3) is 0.0870. The number of fused-ring (bicyclic) bond motifs is 10. The van der Waals surface area contributed by atoms with Gasteiger partial charge in [0.2, 0.25) is 0 Å². The summed E-state index contributed by atoms with van der Waals surface area (Å²) in [6.45, 7) is 2.24. The molecule has 238 valence electrons. The van der Waals surface area contributed by atoms with Crippen LogP contribution in [0.5, 0.6) is 0 Å². The lowest BCUT2D eigenvalue weighted by Crippen LogP contribution is -2.28. The van der Waals surface area contributed by atoms with Gasteiger partial charge in [0.25, 0.3) is 0 Å². The monoisotopic (exact) mass is 643 g/mol. The van der Waals surface area contributed by atoms with Gasteiger partial charge >= 0.3 is 0 Å². The summed E-state index contributed by atoms with van der Waals surface area (Å²) in [5.41, 5.74) is 9.57. The number of furan rings is 1. The molecule has 1 aliphatic heterocycles. The molecule has 0 spiro atoms. The molecular formula is C46H33N3O. The fourth-order valence-electron chi connectivity index (χ4n) is 8.15. The Kier molecular flexibility index (Phi) is 6.56. The zero-order chi connectivity index (χ0) is 33.2. The maximum atomic E-state index is 6.77. The lowest BCUT2D eigenvalue weighted by Gasteiger charge is -2.30. The molecule has 0 bridgehead atoms. The molecule has 1 aliphatic rings. The van der Waals surface area contributed by atoms with Crippen molar-refractivity contribution in [1.82, 2.24) is 4.57 Å². The highest BCUT2D eigenvalue weighted by Gasteiger charge is 2.32. The SMILES string of the molecule is CCC1C(c2ccc(-n3c4ccccc4c4c5ccccc5c5c6ccccc6oc5c43)cc2)=NC(c2ccccc2)=NC1c1ccccc1. The lowest BCUT2D eigenvalue weighted by atomic mass is 9.83. The van der Waals surface area contributed by atoms with Crippen molar-refractivity contribution in [2.24, 2.45) is 15.9 Å². The standard InChI is InChI=1S/C46H33N3O/c1-2-33-42(29-15-5-3-6-16-29)47-46(31-17-7-4-8-18-31)48-43(33)30-25-27-32(28-26-30)49-38-23-13-11-21-36(38)40-34-19-9-10-20-35(34)41-37-22-12-14-24-39(37)50-45(41)44(40)49/h3-28,33,42H,2H2,1H3. The summed E-state index contributed by atoms with van der Waals surface area (Å²) in [4.78, 5) is 10.5. The van der Waals surface area contributed by atoms with Crippen LogP contribution in [0, 0.1) is 5.92 Å². The molecule has 2 atom stereocenters. The van der Waals surface area contributed by atoms with E-state index in [0.717, 1.165) is 67.8 Å². The third kappa shape index (κ3) is 4.31. The van der Waals surface area contributed by atoms with E-state index in [4.69, 9.17) is 14.4 Å². The molecule has 0 amide bonds. The van der Waals surface area contributed by atoms with Crippen LogP contribution in [0.2, 0.25) is 0 Å². The molecule has 10 rings (SSSR count). The molecule has 7 aromatic carbocycles. The average Bonchev–Trinajstić information content (AvgIpc) is 3.75. The van der Waals surface area contributed by atoms with E-state index in [0.29, 0.717) is 0 Å². The van der Waals surface area contributed by atoms with E-state index in [9.17, 15) is 0 Å². The Morgan fingerprint density at radius 2 is 1.20 bits per heavy atom. The average molecular weight is 644 g/mol. The molecule has 4 heteroatoms. The summed E-state index contributed by atoms with van der Waals surface area (Å²) < 4.78 is 9.15. The van der Waals surface area contributed by atoms with Crippen LogP contribution in [0.4, 0.5) is 0 Å². The fourth-order valence-corrected chi connectivity index (χ4v) is 8.15. The van der Waals surface area contributed by atoms with Gasteiger partial charge < -0.3 is 8.98 Å². The molecule has 0 fully saturated rings. The molecule has 9 aromatic rings. The van der Waals surface area contributed by atoms with E-state index in [2.05, 4.69) is 157 Å². The summed E-state index contributed by atoms with van der Waals surface area (Å²) in [6, 6.07) is 55.8. The number of nitrogens with zero attached hydrogens (tertiary/aromatic N) is 3. The van der Waals surface area contributed by atoms with Crippen molar-refractivity contribution in [2.45, 2.75) is 19.4 Å². The Morgan fingerprint density at radius 3 is 1.94 bits per heavy atom. The third-order valence-electron chi connectivity index (χ3n) is 10.4. The molecule has 0 saturated carbocycles. The highest BCUT2D eigenvalue weighted by Crippen LogP contribution is 2.45. The maximum absolute atomic E-state index is 6.77. The van der Waals surface area contributed by atoms with Gasteiger partial charge in [-0.15, -0.1) is 0 Å². The Bertz CT molecular complexity index is 2790. The highest BCUT2D eigenvalue weighted by molar-refractivity contribution is 6.35. The minimum absolute atomic E-state index is 0.0180. The third-order valence-corrected chi connectivity index (χ3v) is 10.4. The molecule has 0 N–H and O–H groups in total. The van der Waals surface area contributed by atoms with Crippen molar-refractivity contribution in [3.05, 3.63) is 174 Å². The summed E-state index contributed by atoms with van der Waals surface area (Å²) in [7, 11) is 0. The Balaban J connectivity index is 1.19. The normalized spacial score (nSPS) is 16.4. The van der Waals surface area contributed by atoms with Gasteiger partial charge in [-0.05, 0) is 52.6 Å². The highest BCUT2D eigenvalue weighted by atomic mass is 16.3. The lowest BCUT2D eigenvalue weighted by molar-refractivity contribution is 0.532. The van der Waals surface area contributed by atoms with E-state index in [1.807, 2.05) is 12.1 Å². The number of para-hydroxylation sites is 2.